The summed E-state index contributed by atoms with van der Waals surface area (Å²) in [5.74, 6) is -0.389. The quantitative estimate of drug-likeness (QED) is 0.802. The van der Waals surface area contributed by atoms with Crippen molar-refractivity contribution < 1.29 is 14.3 Å². The van der Waals surface area contributed by atoms with Crippen molar-refractivity contribution in [3.05, 3.63) is 34.9 Å². The molecule has 2 aliphatic rings. The molecule has 0 bridgehead atoms. The van der Waals surface area contributed by atoms with Gasteiger partial charge >= 0.3 is 0 Å². The van der Waals surface area contributed by atoms with E-state index >= 15 is 0 Å². The second-order valence-corrected chi connectivity index (χ2v) is 5.95. The number of benzene rings is 1. The van der Waals surface area contributed by atoms with Gasteiger partial charge in [-0.05, 0) is 42.5 Å². The molecular weight excluding hydrogens is 266 g/mol. The zero-order valence-electron chi connectivity index (χ0n) is 12.9. The Morgan fingerprint density at radius 3 is 2.43 bits per heavy atom. The van der Waals surface area contributed by atoms with Crippen LogP contribution < -0.4 is 0 Å². The fourth-order valence-corrected chi connectivity index (χ4v) is 3.43. The lowest BCUT2D eigenvalue weighted by molar-refractivity contribution is -0.226. The van der Waals surface area contributed by atoms with E-state index in [0.29, 0.717) is 13.1 Å². The van der Waals surface area contributed by atoms with E-state index in [1.807, 2.05) is 11.0 Å². The summed E-state index contributed by atoms with van der Waals surface area (Å²) in [5.41, 5.74) is 3.57. The number of fused-ring (bicyclic) bond motifs is 1. The Bertz CT molecular complexity index is 527. The van der Waals surface area contributed by atoms with Crippen molar-refractivity contribution in [1.82, 2.24) is 4.90 Å². The van der Waals surface area contributed by atoms with Crippen LogP contribution in [0.1, 0.15) is 40.7 Å². The van der Waals surface area contributed by atoms with Crippen LogP contribution in [0.4, 0.5) is 0 Å². The maximum Gasteiger partial charge on any atom is 0.253 e. The van der Waals surface area contributed by atoms with Crippen molar-refractivity contribution in [1.29, 1.82) is 0 Å². The lowest BCUT2D eigenvalue weighted by Crippen LogP contribution is -2.48. The van der Waals surface area contributed by atoms with Crippen molar-refractivity contribution >= 4 is 5.91 Å². The highest BCUT2D eigenvalue weighted by atomic mass is 16.7. The SMILES string of the molecule is COC1(OC)CCN(C(=O)c2ccc3c(c2)CCC3)CC1. The molecule has 4 heteroatoms. The highest BCUT2D eigenvalue weighted by molar-refractivity contribution is 5.94. The van der Waals surface area contributed by atoms with E-state index in [1.165, 1.54) is 17.5 Å². The van der Waals surface area contributed by atoms with Crippen molar-refractivity contribution in [3.63, 3.8) is 0 Å². The van der Waals surface area contributed by atoms with Gasteiger partial charge in [0.2, 0.25) is 0 Å². The average Bonchev–Trinajstić information content (AvgIpc) is 3.02. The zero-order chi connectivity index (χ0) is 14.9. The molecule has 0 radical (unpaired) electrons. The Labute approximate surface area is 126 Å². The van der Waals surface area contributed by atoms with Crippen molar-refractivity contribution in [3.8, 4) is 0 Å². The molecule has 0 aromatic heterocycles. The predicted molar refractivity (Wildman–Crippen MR) is 80.4 cm³/mol. The van der Waals surface area contributed by atoms with E-state index < -0.39 is 5.79 Å². The van der Waals surface area contributed by atoms with E-state index in [0.717, 1.165) is 31.2 Å². The summed E-state index contributed by atoms with van der Waals surface area (Å²) in [5, 5.41) is 0. The normalized spacial score (nSPS) is 20.4. The van der Waals surface area contributed by atoms with Crippen LogP contribution in [0.15, 0.2) is 18.2 Å². The van der Waals surface area contributed by atoms with Crippen molar-refractivity contribution in [2.75, 3.05) is 27.3 Å². The van der Waals surface area contributed by atoms with E-state index in [-0.39, 0.29) is 5.91 Å². The van der Waals surface area contributed by atoms with Gasteiger partial charge in [0.05, 0.1) is 0 Å². The fraction of sp³-hybridized carbons (Fsp3) is 0.588. The largest absolute Gasteiger partial charge is 0.353 e. The molecule has 114 valence electrons. The van der Waals surface area contributed by atoms with Crippen LogP contribution in [0.3, 0.4) is 0 Å². The molecule has 1 amide bonds. The van der Waals surface area contributed by atoms with Crippen molar-refractivity contribution in [2.45, 2.75) is 37.9 Å². The first-order valence-corrected chi connectivity index (χ1v) is 7.69. The number of carbonyl (C=O) groups is 1. The van der Waals surface area contributed by atoms with Gasteiger partial charge in [0, 0.05) is 45.7 Å². The Balaban J connectivity index is 1.69. The Kier molecular flexibility index (Phi) is 4.00. The predicted octanol–water partition coefficient (Wildman–Crippen LogP) is 2.40. The molecule has 1 aromatic carbocycles. The summed E-state index contributed by atoms with van der Waals surface area (Å²) in [6, 6.07) is 6.17. The van der Waals surface area contributed by atoms with Crippen LogP contribution in [0.25, 0.3) is 0 Å². The minimum absolute atomic E-state index is 0.130. The summed E-state index contributed by atoms with van der Waals surface area (Å²) in [4.78, 5) is 14.5. The third-order valence-corrected chi connectivity index (χ3v) is 4.90. The number of likely N-dealkylation sites (tertiary alicyclic amines) is 1. The topological polar surface area (TPSA) is 38.8 Å². The maximum absolute atomic E-state index is 12.6. The van der Waals surface area contributed by atoms with Gasteiger partial charge in [-0.2, -0.15) is 0 Å². The van der Waals surface area contributed by atoms with Gasteiger partial charge < -0.3 is 14.4 Å². The van der Waals surface area contributed by atoms with Crippen LogP contribution in [0.2, 0.25) is 0 Å². The standard InChI is InChI=1S/C17H23NO3/c1-20-17(21-2)8-10-18(11-9-17)16(19)15-7-6-13-4-3-5-14(13)12-15/h6-7,12H,3-5,8-11H2,1-2H3. The van der Waals surface area contributed by atoms with Gasteiger partial charge in [-0.25, -0.2) is 0 Å². The first-order valence-electron chi connectivity index (χ1n) is 7.69. The number of amides is 1. The minimum Gasteiger partial charge on any atom is -0.353 e. The molecule has 0 spiro atoms. The molecule has 1 aromatic rings. The highest BCUT2D eigenvalue weighted by Gasteiger charge is 2.36. The molecule has 1 heterocycles. The third kappa shape index (κ3) is 2.70. The molecule has 0 saturated carbocycles. The average molecular weight is 289 g/mol. The van der Waals surface area contributed by atoms with E-state index in [4.69, 9.17) is 9.47 Å². The van der Waals surface area contributed by atoms with E-state index in [9.17, 15) is 4.79 Å². The first kappa shape index (κ1) is 14.5. The van der Waals surface area contributed by atoms with Gasteiger partial charge in [-0.3, -0.25) is 4.79 Å². The molecule has 4 nitrogen and oxygen atoms in total. The molecule has 0 N–H and O–H groups in total. The first-order chi connectivity index (χ1) is 10.2. The van der Waals surface area contributed by atoms with Gasteiger partial charge in [0.25, 0.3) is 5.91 Å². The van der Waals surface area contributed by atoms with Gasteiger partial charge in [0.15, 0.2) is 5.79 Å². The minimum atomic E-state index is -0.519. The van der Waals surface area contributed by atoms with Crippen LogP contribution in [0, 0.1) is 0 Å². The third-order valence-electron chi connectivity index (χ3n) is 4.90. The number of piperidine rings is 1. The number of ether oxygens (including phenoxy) is 2. The van der Waals surface area contributed by atoms with Crippen LogP contribution in [-0.2, 0) is 22.3 Å². The lowest BCUT2D eigenvalue weighted by Gasteiger charge is -2.39. The monoisotopic (exact) mass is 289 g/mol. The molecule has 21 heavy (non-hydrogen) atoms. The summed E-state index contributed by atoms with van der Waals surface area (Å²) in [6.45, 7) is 1.36. The lowest BCUT2D eigenvalue weighted by atomic mass is 10.0. The van der Waals surface area contributed by atoms with Crippen LogP contribution in [0.5, 0.6) is 0 Å². The molecule has 3 rings (SSSR count). The fourth-order valence-electron chi connectivity index (χ4n) is 3.43. The summed E-state index contributed by atoms with van der Waals surface area (Å²) >= 11 is 0. The van der Waals surface area contributed by atoms with Gasteiger partial charge in [-0.1, -0.05) is 6.07 Å². The van der Waals surface area contributed by atoms with Crippen molar-refractivity contribution in [2.24, 2.45) is 0 Å². The van der Waals surface area contributed by atoms with Crippen LogP contribution >= 0.6 is 0 Å². The molecule has 1 aliphatic heterocycles. The number of aryl methyl sites for hydroxylation is 2. The second kappa shape index (κ2) is 5.78. The molecule has 0 unspecified atom stereocenters. The molecular formula is C17H23NO3. The summed E-state index contributed by atoms with van der Waals surface area (Å²) in [7, 11) is 3.34. The maximum atomic E-state index is 12.6. The Morgan fingerprint density at radius 1 is 1.10 bits per heavy atom. The Hall–Kier alpha value is -1.39. The number of nitrogens with zero attached hydrogens (tertiary/aromatic N) is 1. The van der Waals surface area contributed by atoms with Gasteiger partial charge in [0.1, 0.15) is 0 Å². The number of rotatable bonds is 3. The number of hydrogen-bond acceptors (Lipinski definition) is 3. The molecule has 1 fully saturated rings. The number of carbonyl (C=O) groups excluding carboxylic acids is 1. The van der Waals surface area contributed by atoms with E-state index in [2.05, 4.69) is 12.1 Å². The van der Waals surface area contributed by atoms with E-state index in [1.54, 1.807) is 14.2 Å². The second-order valence-electron chi connectivity index (χ2n) is 5.95. The molecule has 1 saturated heterocycles. The molecule has 0 atom stereocenters. The number of methoxy groups -OCH3 is 2. The Morgan fingerprint density at radius 2 is 1.76 bits per heavy atom. The summed E-state index contributed by atoms with van der Waals surface area (Å²) in [6.07, 6.45) is 4.90. The summed E-state index contributed by atoms with van der Waals surface area (Å²) < 4.78 is 10.9. The van der Waals surface area contributed by atoms with Gasteiger partial charge in [-0.15, -0.1) is 0 Å². The highest BCUT2D eigenvalue weighted by Crippen LogP contribution is 2.28. The number of hydrogen-bond donors (Lipinski definition) is 0. The van der Waals surface area contributed by atoms with Crippen LogP contribution in [-0.4, -0.2) is 43.9 Å². The molecule has 1 aliphatic carbocycles. The zero-order valence-corrected chi connectivity index (χ0v) is 12.9. The smallest absolute Gasteiger partial charge is 0.253 e.